The van der Waals surface area contributed by atoms with Crippen LogP contribution in [0.2, 0.25) is 0 Å². The van der Waals surface area contributed by atoms with Crippen molar-refractivity contribution in [1.82, 2.24) is 4.98 Å². The Morgan fingerprint density at radius 2 is 1.69 bits per heavy atom. The number of benzene rings is 1. The van der Waals surface area contributed by atoms with E-state index in [1.165, 1.54) is 6.07 Å². The SMILES string of the molecule is O=C(O)COC1CCCCCN(c2ccc(C3Nc4ccc(C(F)(F)F)cc4N3)cn2)CCCCC1. The number of fused-ring (bicyclic) bond motifs is 1. The molecule has 2 aliphatic heterocycles. The molecule has 3 heterocycles. The fraction of sp³-hybridized carbons (Fsp3) is 0.538. The fourth-order valence-corrected chi connectivity index (χ4v) is 4.78. The second kappa shape index (κ2) is 11.8. The summed E-state index contributed by atoms with van der Waals surface area (Å²) in [5.41, 5.74) is 1.24. The van der Waals surface area contributed by atoms with E-state index < -0.39 is 17.7 Å². The lowest BCUT2D eigenvalue weighted by Crippen LogP contribution is -2.27. The molecule has 2 aliphatic rings. The molecule has 1 aromatic carbocycles. The summed E-state index contributed by atoms with van der Waals surface area (Å²) < 4.78 is 44.6. The Morgan fingerprint density at radius 1 is 1.00 bits per heavy atom. The number of halogens is 3. The van der Waals surface area contributed by atoms with E-state index in [9.17, 15) is 18.0 Å². The molecule has 3 N–H and O–H groups in total. The first kappa shape index (κ1) is 26.1. The normalized spacial score (nSPS) is 20.0. The van der Waals surface area contributed by atoms with Gasteiger partial charge in [-0.3, -0.25) is 0 Å². The highest BCUT2D eigenvalue weighted by molar-refractivity contribution is 5.76. The molecule has 1 atom stereocenters. The molecule has 0 bridgehead atoms. The van der Waals surface area contributed by atoms with Gasteiger partial charge in [0.05, 0.1) is 23.0 Å². The van der Waals surface area contributed by atoms with Crippen molar-refractivity contribution in [3.8, 4) is 0 Å². The molecular formula is C26H33F3N4O3. The second-order valence-corrected chi connectivity index (χ2v) is 9.44. The van der Waals surface area contributed by atoms with Gasteiger partial charge >= 0.3 is 12.1 Å². The van der Waals surface area contributed by atoms with Crippen molar-refractivity contribution in [2.75, 3.05) is 35.2 Å². The molecule has 7 nitrogen and oxygen atoms in total. The number of carbonyl (C=O) groups is 1. The molecule has 10 heteroatoms. The van der Waals surface area contributed by atoms with E-state index in [-0.39, 0.29) is 18.9 Å². The van der Waals surface area contributed by atoms with Gasteiger partial charge < -0.3 is 25.4 Å². The van der Waals surface area contributed by atoms with Crippen LogP contribution in [0.4, 0.5) is 30.4 Å². The zero-order valence-corrected chi connectivity index (χ0v) is 20.2. The minimum absolute atomic E-state index is 0.0230. The van der Waals surface area contributed by atoms with Gasteiger partial charge in [0.2, 0.25) is 0 Å². The van der Waals surface area contributed by atoms with Crippen molar-refractivity contribution >= 4 is 23.2 Å². The Morgan fingerprint density at radius 3 is 2.31 bits per heavy atom. The van der Waals surface area contributed by atoms with Crippen LogP contribution >= 0.6 is 0 Å². The highest BCUT2D eigenvalue weighted by Gasteiger charge is 2.32. The summed E-state index contributed by atoms with van der Waals surface area (Å²) in [7, 11) is 0. The number of anilines is 3. The third-order valence-electron chi connectivity index (χ3n) is 6.73. The van der Waals surface area contributed by atoms with Crippen LogP contribution in [0.3, 0.4) is 0 Å². The highest BCUT2D eigenvalue weighted by atomic mass is 19.4. The highest BCUT2D eigenvalue weighted by Crippen LogP contribution is 2.39. The molecule has 1 fully saturated rings. The summed E-state index contributed by atoms with van der Waals surface area (Å²) in [6.07, 6.45) is 4.94. The Balaban J connectivity index is 1.33. The van der Waals surface area contributed by atoms with Crippen molar-refractivity contribution in [2.45, 2.75) is 69.8 Å². The molecule has 0 amide bonds. The smallest absolute Gasteiger partial charge is 0.416 e. The van der Waals surface area contributed by atoms with E-state index in [4.69, 9.17) is 9.84 Å². The van der Waals surface area contributed by atoms with Crippen LogP contribution in [-0.4, -0.2) is 41.9 Å². The van der Waals surface area contributed by atoms with Crippen molar-refractivity contribution in [1.29, 1.82) is 0 Å². The van der Waals surface area contributed by atoms with Crippen LogP contribution in [0, 0.1) is 0 Å². The minimum Gasteiger partial charge on any atom is -0.480 e. The number of carboxylic acids is 1. The van der Waals surface area contributed by atoms with Gasteiger partial charge in [-0.2, -0.15) is 13.2 Å². The van der Waals surface area contributed by atoms with E-state index in [0.717, 1.165) is 88.0 Å². The zero-order valence-electron chi connectivity index (χ0n) is 20.2. The number of rotatable bonds is 5. The van der Waals surface area contributed by atoms with Gasteiger partial charge in [0.25, 0.3) is 0 Å². The number of hydrogen-bond acceptors (Lipinski definition) is 6. The summed E-state index contributed by atoms with van der Waals surface area (Å²) in [5.74, 6) is -0.0248. The van der Waals surface area contributed by atoms with Crippen LogP contribution in [0.15, 0.2) is 36.5 Å². The van der Waals surface area contributed by atoms with E-state index in [1.807, 2.05) is 12.1 Å². The Labute approximate surface area is 209 Å². The monoisotopic (exact) mass is 506 g/mol. The number of nitrogens with zero attached hydrogens (tertiary/aromatic N) is 2. The number of aliphatic carboxylic acids is 1. The van der Waals surface area contributed by atoms with E-state index >= 15 is 0 Å². The molecule has 0 radical (unpaired) electrons. The lowest BCUT2D eigenvalue weighted by Gasteiger charge is -2.25. The van der Waals surface area contributed by atoms with Crippen LogP contribution in [0.25, 0.3) is 0 Å². The third-order valence-corrected chi connectivity index (χ3v) is 6.73. The molecule has 36 heavy (non-hydrogen) atoms. The maximum Gasteiger partial charge on any atom is 0.416 e. The lowest BCUT2D eigenvalue weighted by atomic mass is 10.0. The van der Waals surface area contributed by atoms with E-state index in [1.54, 1.807) is 6.20 Å². The van der Waals surface area contributed by atoms with Crippen LogP contribution in [0.5, 0.6) is 0 Å². The average molecular weight is 507 g/mol. The molecule has 1 saturated heterocycles. The first-order chi connectivity index (χ1) is 17.3. The van der Waals surface area contributed by atoms with Crippen LogP contribution in [-0.2, 0) is 15.7 Å². The fourth-order valence-electron chi connectivity index (χ4n) is 4.78. The molecule has 196 valence electrons. The van der Waals surface area contributed by atoms with Gasteiger partial charge in [-0.15, -0.1) is 0 Å². The minimum atomic E-state index is -4.38. The predicted octanol–water partition coefficient (Wildman–Crippen LogP) is 6.05. The van der Waals surface area contributed by atoms with Crippen LogP contribution in [0.1, 0.15) is 68.7 Å². The molecule has 4 rings (SSSR count). The van der Waals surface area contributed by atoms with Crippen molar-refractivity contribution in [3.05, 3.63) is 47.7 Å². The number of carboxylic acid groups (broad SMARTS) is 1. The van der Waals surface area contributed by atoms with E-state index in [0.29, 0.717) is 11.4 Å². The Hall–Kier alpha value is -3.01. The summed E-state index contributed by atoms with van der Waals surface area (Å²) in [5, 5.41) is 15.2. The molecule has 0 aliphatic carbocycles. The standard InChI is InChI=1S/C26H33F3N4O3/c27-26(28,29)19-10-11-21-22(15-19)32-25(31-21)18-9-12-23(30-16-18)33-13-5-1-3-7-20(36-17-24(34)35)8-4-2-6-14-33/h9-12,15-16,20,25,31-32H,1-8,13-14,17H2,(H,34,35). The summed E-state index contributed by atoms with van der Waals surface area (Å²) in [6, 6.07) is 7.59. The topological polar surface area (TPSA) is 86.7 Å². The lowest BCUT2D eigenvalue weighted by molar-refractivity contribution is -0.144. The van der Waals surface area contributed by atoms with Gasteiger partial charge in [0.1, 0.15) is 18.6 Å². The van der Waals surface area contributed by atoms with Gasteiger partial charge in [-0.25, -0.2) is 9.78 Å². The maximum absolute atomic E-state index is 13.0. The number of pyridine rings is 1. The summed E-state index contributed by atoms with van der Waals surface area (Å²) in [6.45, 7) is 1.55. The van der Waals surface area contributed by atoms with Crippen molar-refractivity contribution in [3.63, 3.8) is 0 Å². The number of aromatic nitrogens is 1. The molecule has 1 aromatic heterocycles. The second-order valence-electron chi connectivity index (χ2n) is 9.44. The largest absolute Gasteiger partial charge is 0.480 e. The van der Waals surface area contributed by atoms with Gasteiger partial charge in [-0.1, -0.05) is 25.7 Å². The third kappa shape index (κ3) is 7.02. The predicted molar refractivity (Wildman–Crippen MR) is 132 cm³/mol. The average Bonchev–Trinajstić information content (AvgIpc) is 3.27. The molecule has 0 saturated carbocycles. The molecule has 0 spiro atoms. The Bertz CT molecular complexity index is 1000. The van der Waals surface area contributed by atoms with Crippen molar-refractivity contribution < 1.29 is 27.8 Å². The molecule has 2 aromatic rings. The molecule has 1 unspecified atom stereocenters. The first-order valence-corrected chi connectivity index (χ1v) is 12.6. The summed E-state index contributed by atoms with van der Waals surface area (Å²) in [4.78, 5) is 17.8. The van der Waals surface area contributed by atoms with Gasteiger partial charge in [-0.05, 0) is 56.0 Å². The number of nitrogens with one attached hydrogen (secondary N) is 2. The number of ether oxygens (including phenoxy) is 1. The van der Waals surface area contributed by atoms with Crippen molar-refractivity contribution in [2.24, 2.45) is 0 Å². The number of hydrogen-bond donors (Lipinski definition) is 3. The molecular weight excluding hydrogens is 473 g/mol. The number of alkyl halides is 3. The first-order valence-electron chi connectivity index (χ1n) is 12.6. The summed E-state index contributed by atoms with van der Waals surface area (Å²) >= 11 is 0. The zero-order chi connectivity index (χ0) is 25.5. The van der Waals surface area contributed by atoms with E-state index in [2.05, 4.69) is 20.5 Å². The quantitative estimate of drug-likeness (QED) is 0.455. The van der Waals surface area contributed by atoms with Gasteiger partial charge in [0.15, 0.2) is 0 Å². The maximum atomic E-state index is 13.0. The Kier molecular flexibility index (Phi) is 8.56. The van der Waals surface area contributed by atoms with Crippen LogP contribution < -0.4 is 15.5 Å². The van der Waals surface area contributed by atoms with Gasteiger partial charge in [0, 0.05) is 24.8 Å².